The van der Waals surface area contributed by atoms with Gasteiger partial charge in [0.15, 0.2) is 0 Å². The highest BCUT2D eigenvalue weighted by Gasteiger charge is 2.16. The van der Waals surface area contributed by atoms with Crippen LogP contribution in [0.1, 0.15) is 31.1 Å². The van der Waals surface area contributed by atoms with Crippen molar-refractivity contribution in [2.75, 3.05) is 33.9 Å². The summed E-state index contributed by atoms with van der Waals surface area (Å²) in [6, 6.07) is 23.6. The molecule has 0 unspecified atom stereocenters. The third kappa shape index (κ3) is 6.68. The second kappa shape index (κ2) is 11.7. The number of carbonyl (C=O) groups excluding carboxylic acids is 3. The van der Waals surface area contributed by atoms with Gasteiger partial charge in [-0.25, -0.2) is 0 Å². The summed E-state index contributed by atoms with van der Waals surface area (Å²) >= 11 is 0. The van der Waals surface area contributed by atoms with Gasteiger partial charge in [0.05, 0.1) is 6.54 Å². The number of nitrogens with zero attached hydrogens (tertiary/aromatic N) is 1. The predicted molar refractivity (Wildman–Crippen MR) is 137 cm³/mol. The van der Waals surface area contributed by atoms with Crippen molar-refractivity contribution in [3.63, 3.8) is 0 Å². The SMILES string of the molecule is CCN(C(=O)c1ccc(NC(=O)CNc2cccc(NC(=O)C(C)C)c2)cc1)c1ccccc1. The smallest absolute Gasteiger partial charge is 0.258 e. The average Bonchev–Trinajstić information content (AvgIpc) is 2.84. The molecule has 0 atom stereocenters. The van der Waals surface area contributed by atoms with Crippen molar-refractivity contribution in [1.82, 2.24) is 0 Å². The summed E-state index contributed by atoms with van der Waals surface area (Å²) in [6.45, 7) is 6.19. The topological polar surface area (TPSA) is 90.5 Å². The first-order chi connectivity index (χ1) is 16.4. The molecule has 3 rings (SSSR count). The van der Waals surface area contributed by atoms with Gasteiger partial charge >= 0.3 is 0 Å². The van der Waals surface area contributed by atoms with Crippen LogP contribution in [0.4, 0.5) is 22.7 Å². The van der Waals surface area contributed by atoms with E-state index in [2.05, 4.69) is 16.0 Å². The molecule has 3 amide bonds. The quantitative estimate of drug-likeness (QED) is 0.421. The molecule has 3 aromatic rings. The number of hydrogen-bond acceptors (Lipinski definition) is 4. The Kier molecular flexibility index (Phi) is 8.40. The summed E-state index contributed by atoms with van der Waals surface area (Å²) in [6.07, 6.45) is 0. The van der Waals surface area contributed by atoms with Crippen LogP contribution in [0.5, 0.6) is 0 Å². The van der Waals surface area contributed by atoms with Crippen LogP contribution in [-0.2, 0) is 9.59 Å². The molecule has 0 aliphatic rings. The van der Waals surface area contributed by atoms with Gasteiger partial charge in [0.2, 0.25) is 11.8 Å². The van der Waals surface area contributed by atoms with Crippen LogP contribution in [0.25, 0.3) is 0 Å². The lowest BCUT2D eigenvalue weighted by Gasteiger charge is -2.21. The molecule has 0 saturated carbocycles. The number of rotatable bonds is 9. The maximum absolute atomic E-state index is 12.9. The van der Waals surface area contributed by atoms with Gasteiger partial charge in [0.1, 0.15) is 0 Å². The van der Waals surface area contributed by atoms with Gasteiger partial charge in [-0.15, -0.1) is 0 Å². The molecule has 0 bridgehead atoms. The maximum atomic E-state index is 12.9. The van der Waals surface area contributed by atoms with Crippen LogP contribution in [0.2, 0.25) is 0 Å². The number of carbonyl (C=O) groups is 3. The predicted octanol–water partition coefficient (Wildman–Crippen LogP) is 5.00. The lowest BCUT2D eigenvalue weighted by atomic mass is 10.1. The highest BCUT2D eigenvalue weighted by atomic mass is 16.2. The monoisotopic (exact) mass is 458 g/mol. The first-order valence-electron chi connectivity index (χ1n) is 11.3. The van der Waals surface area contributed by atoms with Crippen molar-refractivity contribution in [3.05, 3.63) is 84.4 Å². The lowest BCUT2D eigenvalue weighted by Crippen LogP contribution is -2.30. The highest BCUT2D eigenvalue weighted by molar-refractivity contribution is 6.06. The largest absolute Gasteiger partial charge is 0.376 e. The van der Waals surface area contributed by atoms with Gasteiger partial charge in [-0.3, -0.25) is 14.4 Å². The molecule has 0 spiro atoms. The number of para-hydroxylation sites is 1. The van der Waals surface area contributed by atoms with Crippen molar-refractivity contribution in [1.29, 1.82) is 0 Å². The minimum Gasteiger partial charge on any atom is -0.376 e. The molecule has 3 aromatic carbocycles. The van der Waals surface area contributed by atoms with E-state index in [0.717, 1.165) is 11.4 Å². The van der Waals surface area contributed by atoms with E-state index in [9.17, 15) is 14.4 Å². The van der Waals surface area contributed by atoms with E-state index in [4.69, 9.17) is 0 Å². The maximum Gasteiger partial charge on any atom is 0.258 e. The molecule has 0 fully saturated rings. The molecule has 0 aliphatic carbocycles. The Hall–Kier alpha value is -4.13. The van der Waals surface area contributed by atoms with Crippen LogP contribution >= 0.6 is 0 Å². The molecular weight excluding hydrogens is 428 g/mol. The van der Waals surface area contributed by atoms with Crippen molar-refractivity contribution in [2.24, 2.45) is 5.92 Å². The molecule has 7 nitrogen and oxygen atoms in total. The summed E-state index contributed by atoms with van der Waals surface area (Å²) in [5.74, 6) is -0.511. The Morgan fingerprint density at radius 2 is 1.47 bits per heavy atom. The first kappa shape index (κ1) is 24.5. The molecule has 34 heavy (non-hydrogen) atoms. The second-order valence-electron chi connectivity index (χ2n) is 8.09. The van der Waals surface area contributed by atoms with Crippen molar-refractivity contribution in [3.8, 4) is 0 Å². The van der Waals surface area contributed by atoms with E-state index < -0.39 is 0 Å². The molecule has 0 radical (unpaired) electrons. The third-order valence-corrected chi connectivity index (χ3v) is 5.15. The van der Waals surface area contributed by atoms with E-state index in [1.165, 1.54) is 0 Å². The van der Waals surface area contributed by atoms with Crippen LogP contribution < -0.4 is 20.9 Å². The normalized spacial score (nSPS) is 10.5. The Balaban J connectivity index is 1.55. The van der Waals surface area contributed by atoms with Crippen molar-refractivity contribution in [2.45, 2.75) is 20.8 Å². The molecule has 7 heteroatoms. The lowest BCUT2D eigenvalue weighted by molar-refractivity contribution is -0.119. The number of nitrogens with one attached hydrogen (secondary N) is 3. The van der Waals surface area contributed by atoms with Crippen LogP contribution in [0.3, 0.4) is 0 Å². The molecule has 3 N–H and O–H groups in total. The van der Waals surface area contributed by atoms with E-state index in [-0.39, 0.29) is 30.2 Å². The highest BCUT2D eigenvalue weighted by Crippen LogP contribution is 2.19. The zero-order chi connectivity index (χ0) is 24.5. The summed E-state index contributed by atoms with van der Waals surface area (Å²) in [5.41, 5.74) is 3.37. The fraction of sp³-hybridized carbons (Fsp3) is 0.222. The first-order valence-corrected chi connectivity index (χ1v) is 11.3. The summed E-state index contributed by atoms with van der Waals surface area (Å²) in [7, 11) is 0. The van der Waals surface area contributed by atoms with Crippen LogP contribution in [0, 0.1) is 5.92 Å². The zero-order valence-electron chi connectivity index (χ0n) is 19.7. The van der Waals surface area contributed by atoms with Gasteiger partial charge in [-0.2, -0.15) is 0 Å². The Labute approximate surface area is 200 Å². The van der Waals surface area contributed by atoms with Crippen LogP contribution in [-0.4, -0.2) is 30.8 Å². The Morgan fingerprint density at radius 3 is 2.12 bits per heavy atom. The molecule has 176 valence electrons. The number of amides is 3. The van der Waals surface area contributed by atoms with E-state index >= 15 is 0 Å². The van der Waals surface area contributed by atoms with E-state index in [1.54, 1.807) is 47.4 Å². The Bertz CT molecular complexity index is 1130. The second-order valence-corrected chi connectivity index (χ2v) is 8.09. The standard InChI is InChI=1S/C27H30N4O3/c1-4-31(24-11-6-5-7-12-24)27(34)20-13-15-21(16-14-20)29-25(32)18-28-22-9-8-10-23(17-22)30-26(33)19(2)3/h5-17,19,28H,4,18H2,1-3H3,(H,29,32)(H,30,33). The van der Waals surface area contributed by atoms with Gasteiger partial charge in [-0.1, -0.05) is 38.1 Å². The molecule has 0 saturated heterocycles. The summed E-state index contributed by atoms with van der Waals surface area (Å²) < 4.78 is 0. The third-order valence-electron chi connectivity index (χ3n) is 5.15. The molecular formula is C27H30N4O3. The van der Waals surface area contributed by atoms with E-state index in [0.29, 0.717) is 23.5 Å². The molecule has 0 aromatic heterocycles. The van der Waals surface area contributed by atoms with Gasteiger partial charge in [0, 0.05) is 40.8 Å². The number of hydrogen-bond donors (Lipinski definition) is 3. The summed E-state index contributed by atoms with van der Waals surface area (Å²) in [5, 5.41) is 8.71. The molecule has 0 aliphatic heterocycles. The Morgan fingerprint density at radius 1 is 0.794 bits per heavy atom. The van der Waals surface area contributed by atoms with Crippen molar-refractivity contribution >= 4 is 40.5 Å². The fourth-order valence-corrected chi connectivity index (χ4v) is 3.28. The molecule has 0 heterocycles. The average molecular weight is 459 g/mol. The van der Waals surface area contributed by atoms with Crippen LogP contribution in [0.15, 0.2) is 78.9 Å². The van der Waals surface area contributed by atoms with E-state index in [1.807, 2.05) is 57.2 Å². The van der Waals surface area contributed by atoms with Crippen molar-refractivity contribution < 1.29 is 14.4 Å². The van der Waals surface area contributed by atoms with Gasteiger partial charge in [-0.05, 0) is 61.5 Å². The fourth-order valence-electron chi connectivity index (χ4n) is 3.28. The number of benzene rings is 3. The minimum atomic E-state index is -0.227. The van der Waals surface area contributed by atoms with Gasteiger partial charge in [0.25, 0.3) is 5.91 Å². The van der Waals surface area contributed by atoms with Gasteiger partial charge < -0.3 is 20.9 Å². The zero-order valence-corrected chi connectivity index (χ0v) is 19.7. The minimum absolute atomic E-state index is 0.0554. The summed E-state index contributed by atoms with van der Waals surface area (Å²) in [4.78, 5) is 38.9. The number of anilines is 4.